The molecule has 7 nitrogen and oxygen atoms in total. The van der Waals surface area contributed by atoms with Gasteiger partial charge in [0.15, 0.2) is 5.13 Å². The lowest BCUT2D eigenvalue weighted by atomic mass is 10.3. The number of fused-ring (bicyclic) bond motifs is 1. The van der Waals surface area contributed by atoms with Crippen LogP contribution in [0.2, 0.25) is 5.02 Å². The van der Waals surface area contributed by atoms with Crippen LogP contribution in [-0.4, -0.2) is 47.9 Å². The predicted octanol–water partition coefficient (Wildman–Crippen LogP) is 4.94. The molecule has 0 saturated carbocycles. The summed E-state index contributed by atoms with van der Waals surface area (Å²) in [5.74, 6) is -0.281. The summed E-state index contributed by atoms with van der Waals surface area (Å²) < 4.78 is 0.889. The van der Waals surface area contributed by atoms with Gasteiger partial charge in [-0.25, -0.2) is 4.98 Å². The van der Waals surface area contributed by atoms with E-state index < -0.39 is 4.92 Å². The van der Waals surface area contributed by atoms with Crippen molar-refractivity contribution in [1.29, 1.82) is 0 Å². The highest BCUT2D eigenvalue weighted by molar-refractivity contribution is 7.22. The molecule has 0 saturated heterocycles. The Hall–Kier alpha value is -1.78. The topological polar surface area (TPSA) is 79.6 Å². The number of halogens is 2. The molecule has 0 fully saturated rings. The molecule has 0 unspecified atom stereocenters. The third kappa shape index (κ3) is 5.18. The minimum atomic E-state index is -0.489. The van der Waals surface area contributed by atoms with E-state index in [0.717, 1.165) is 34.5 Å². The monoisotopic (exact) mass is 460 g/mol. The number of nitrogens with zero attached hydrogens (tertiary/aromatic N) is 4. The second kappa shape index (κ2) is 9.62. The first kappa shape index (κ1) is 22.5. The molecule has 0 radical (unpaired) electrons. The number of anilines is 1. The van der Waals surface area contributed by atoms with E-state index in [1.165, 1.54) is 23.5 Å². The Morgan fingerprint density at radius 3 is 2.61 bits per heavy atom. The number of nitro groups is 1. The van der Waals surface area contributed by atoms with Crippen molar-refractivity contribution >= 4 is 72.9 Å². The number of thiazole rings is 1. The van der Waals surface area contributed by atoms with Crippen molar-refractivity contribution in [3.8, 4) is 0 Å². The van der Waals surface area contributed by atoms with Crippen molar-refractivity contribution in [1.82, 2.24) is 9.88 Å². The van der Waals surface area contributed by atoms with Gasteiger partial charge in [0.25, 0.3) is 5.91 Å². The molecule has 2 heterocycles. The van der Waals surface area contributed by atoms with E-state index in [-0.39, 0.29) is 23.3 Å². The summed E-state index contributed by atoms with van der Waals surface area (Å²) in [5.41, 5.74) is 0.766. The van der Waals surface area contributed by atoms with Crippen LogP contribution in [0, 0.1) is 10.1 Å². The summed E-state index contributed by atoms with van der Waals surface area (Å²) in [4.78, 5) is 32.0. The summed E-state index contributed by atoms with van der Waals surface area (Å²) in [6.45, 7) is 1.28. The van der Waals surface area contributed by atoms with Crippen molar-refractivity contribution in [2.24, 2.45) is 0 Å². The number of hydrogen-bond donors (Lipinski definition) is 0. The van der Waals surface area contributed by atoms with Gasteiger partial charge in [-0.2, -0.15) is 0 Å². The van der Waals surface area contributed by atoms with Gasteiger partial charge >= 0.3 is 5.00 Å². The number of aromatic nitrogens is 1. The van der Waals surface area contributed by atoms with Crippen LogP contribution in [0.1, 0.15) is 16.1 Å². The minimum absolute atomic E-state index is 0. The first-order chi connectivity index (χ1) is 12.8. The average molecular weight is 461 g/mol. The number of carbonyl (C=O) groups is 1. The second-order valence-corrected chi connectivity index (χ2v) is 8.62. The van der Waals surface area contributed by atoms with Crippen LogP contribution >= 0.6 is 46.7 Å². The highest BCUT2D eigenvalue weighted by atomic mass is 35.5. The molecule has 0 bridgehead atoms. The molecule has 3 rings (SSSR count). The second-order valence-electron chi connectivity index (χ2n) is 6.12. The van der Waals surface area contributed by atoms with E-state index in [2.05, 4.69) is 4.98 Å². The van der Waals surface area contributed by atoms with Gasteiger partial charge in [-0.3, -0.25) is 19.8 Å². The molecular formula is C17H18Cl2N4O3S2. The summed E-state index contributed by atoms with van der Waals surface area (Å²) in [6.07, 6.45) is 0.753. The maximum atomic E-state index is 13.0. The van der Waals surface area contributed by atoms with Gasteiger partial charge in [0.1, 0.15) is 0 Å². The normalized spacial score (nSPS) is 10.9. The average Bonchev–Trinajstić information content (AvgIpc) is 3.24. The van der Waals surface area contributed by atoms with Crippen LogP contribution in [0.4, 0.5) is 10.1 Å². The molecule has 1 amide bonds. The van der Waals surface area contributed by atoms with Crippen LogP contribution in [0.25, 0.3) is 10.2 Å². The molecule has 3 aromatic rings. The SMILES string of the molecule is CN(C)CCCN(C(=O)c1ccc([N+](=O)[O-])s1)c1nc2ccc(Cl)cc2s1.Cl. The Bertz CT molecular complexity index is 990. The van der Waals surface area contributed by atoms with Gasteiger partial charge in [0.05, 0.1) is 20.0 Å². The highest BCUT2D eigenvalue weighted by Crippen LogP contribution is 2.33. The zero-order chi connectivity index (χ0) is 19.6. The Labute approximate surface area is 181 Å². The number of amides is 1. The van der Waals surface area contributed by atoms with Gasteiger partial charge in [-0.05, 0) is 51.3 Å². The molecule has 0 aliphatic heterocycles. The molecule has 0 aliphatic rings. The summed E-state index contributed by atoms with van der Waals surface area (Å²) in [6, 6.07) is 8.24. The quantitative estimate of drug-likeness (QED) is 0.368. The Kier molecular flexibility index (Phi) is 7.73. The van der Waals surface area contributed by atoms with Gasteiger partial charge in [-0.1, -0.05) is 34.3 Å². The summed E-state index contributed by atoms with van der Waals surface area (Å²) >= 11 is 8.30. The van der Waals surface area contributed by atoms with Crippen LogP contribution < -0.4 is 4.90 Å². The van der Waals surface area contributed by atoms with E-state index in [0.29, 0.717) is 21.6 Å². The van der Waals surface area contributed by atoms with Crippen LogP contribution in [0.15, 0.2) is 30.3 Å². The third-order valence-electron chi connectivity index (χ3n) is 3.78. The highest BCUT2D eigenvalue weighted by Gasteiger charge is 2.24. The van der Waals surface area contributed by atoms with Gasteiger partial charge in [-0.15, -0.1) is 12.4 Å². The van der Waals surface area contributed by atoms with E-state index in [4.69, 9.17) is 11.6 Å². The lowest BCUT2D eigenvalue weighted by Gasteiger charge is -2.20. The van der Waals surface area contributed by atoms with Gasteiger partial charge in [0.2, 0.25) is 0 Å². The zero-order valence-electron chi connectivity index (χ0n) is 15.1. The van der Waals surface area contributed by atoms with Crippen molar-refractivity contribution in [3.05, 3.63) is 50.3 Å². The van der Waals surface area contributed by atoms with Crippen LogP contribution in [0.3, 0.4) is 0 Å². The van der Waals surface area contributed by atoms with Crippen LogP contribution in [-0.2, 0) is 0 Å². The minimum Gasteiger partial charge on any atom is -0.309 e. The first-order valence-electron chi connectivity index (χ1n) is 8.12. The predicted molar refractivity (Wildman–Crippen MR) is 118 cm³/mol. The number of rotatable bonds is 7. The Morgan fingerprint density at radius 1 is 1.21 bits per heavy atom. The maximum Gasteiger partial charge on any atom is 0.324 e. The van der Waals surface area contributed by atoms with E-state index >= 15 is 0 Å². The number of thiophene rings is 1. The van der Waals surface area contributed by atoms with Gasteiger partial charge < -0.3 is 4.90 Å². The lowest BCUT2D eigenvalue weighted by Crippen LogP contribution is -2.32. The van der Waals surface area contributed by atoms with Crippen molar-refractivity contribution < 1.29 is 9.72 Å². The first-order valence-corrected chi connectivity index (χ1v) is 10.1. The summed E-state index contributed by atoms with van der Waals surface area (Å²) in [7, 11) is 3.93. The molecule has 28 heavy (non-hydrogen) atoms. The van der Waals surface area contributed by atoms with Crippen molar-refractivity contribution in [3.63, 3.8) is 0 Å². The molecule has 150 valence electrons. The van der Waals surface area contributed by atoms with E-state index in [1.807, 2.05) is 31.1 Å². The van der Waals surface area contributed by atoms with Gasteiger partial charge in [0, 0.05) is 17.6 Å². The molecule has 11 heteroatoms. The summed E-state index contributed by atoms with van der Waals surface area (Å²) in [5, 5.41) is 12.1. The molecule has 1 aromatic carbocycles. The van der Waals surface area contributed by atoms with Crippen molar-refractivity contribution in [2.45, 2.75) is 6.42 Å². The van der Waals surface area contributed by atoms with Crippen LogP contribution in [0.5, 0.6) is 0 Å². The smallest absolute Gasteiger partial charge is 0.309 e. The number of hydrogen-bond acceptors (Lipinski definition) is 7. The molecule has 2 aromatic heterocycles. The van der Waals surface area contributed by atoms with E-state index in [1.54, 1.807) is 11.0 Å². The fourth-order valence-electron chi connectivity index (χ4n) is 2.50. The molecule has 0 N–H and O–H groups in total. The molecule has 0 atom stereocenters. The third-order valence-corrected chi connectivity index (χ3v) is 6.09. The maximum absolute atomic E-state index is 13.0. The fraction of sp³-hybridized carbons (Fsp3) is 0.294. The molecule has 0 aliphatic carbocycles. The number of carbonyl (C=O) groups excluding carboxylic acids is 1. The molecule has 0 spiro atoms. The largest absolute Gasteiger partial charge is 0.324 e. The standard InChI is InChI=1S/C17H17ClN4O3S2.ClH/c1-20(2)8-3-9-21(16(23)13-6-7-15(26-13)22(24)25)17-19-12-5-4-11(18)10-14(12)27-17;/h4-7,10H,3,8-9H2,1-2H3;1H. The van der Waals surface area contributed by atoms with E-state index in [9.17, 15) is 14.9 Å². The Morgan fingerprint density at radius 2 is 1.96 bits per heavy atom. The number of benzene rings is 1. The lowest BCUT2D eigenvalue weighted by molar-refractivity contribution is -0.380. The fourth-order valence-corrected chi connectivity index (χ4v) is 4.54. The molecular weight excluding hydrogens is 443 g/mol. The van der Waals surface area contributed by atoms with Crippen molar-refractivity contribution in [2.75, 3.05) is 32.1 Å². The zero-order valence-corrected chi connectivity index (χ0v) is 18.3. The Balaban J connectivity index is 0.00000280.